The minimum absolute atomic E-state index is 0.0413. The Hall–Kier alpha value is -1.74. The van der Waals surface area contributed by atoms with E-state index in [2.05, 4.69) is 5.32 Å². The molecule has 9 heteroatoms. The maximum absolute atomic E-state index is 12.1. The summed E-state index contributed by atoms with van der Waals surface area (Å²) >= 11 is -0.284. The van der Waals surface area contributed by atoms with Gasteiger partial charge in [-0.3, -0.25) is 4.79 Å². The highest BCUT2D eigenvalue weighted by Gasteiger charge is 2.29. The molecule has 1 aromatic carbocycles. The van der Waals surface area contributed by atoms with Crippen LogP contribution in [0.2, 0.25) is 0 Å². The van der Waals surface area contributed by atoms with E-state index in [0.717, 1.165) is 0 Å². The van der Waals surface area contributed by atoms with E-state index in [1.807, 2.05) is 0 Å². The molecule has 0 saturated carbocycles. The lowest BCUT2D eigenvalue weighted by molar-refractivity contribution is -0.146. The average Bonchev–Trinajstić information content (AvgIpc) is 2.37. The van der Waals surface area contributed by atoms with E-state index in [1.165, 1.54) is 24.3 Å². The number of carboxylic acids is 1. The zero-order valence-electron chi connectivity index (χ0n) is 10.6. The number of halogens is 3. The highest BCUT2D eigenvalue weighted by Crippen LogP contribution is 2.36. The van der Waals surface area contributed by atoms with Gasteiger partial charge in [0.05, 0.1) is 0 Å². The summed E-state index contributed by atoms with van der Waals surface area (Å²) in [5.74, 6) is -1.95. The van der Waals surface area contributed by atoms with E-state index in [1.54, 1.807) is 0 Å². The van der Waals surface area contributed by atoms with Crippen LogP contribution in [0.25, 0.3) is 0 Å². The van der Waals surface area contributed by atoms with Crippen molar-refractivity contribution in [1.82, 2.24) is 5.32 Å². The van der Waals surface area contributed by atoms with Crippen LogP contribution in [0.4, 0.5) is 13.2 Å². The molecule has 21 heavy (non-hydrogen) atoms. The Kier molecular flexibility index (Phi) is 6.03. The molecule has 0 aliphatic rings. The van der Waals surface area contributed by atoms with Crippen molar-refractivity contribution >= 4 is 23.6 Å². The number of rotatable bonds is 6. The monoisotopic (exact) mass is 323 g/mol. The minimum atomic E-state index is -4.39. The van der Waals surface area contributed by atoms with Gasteiger partial charge in [-0.15, -0.1) is 0 Å². The molecular formula is C12H12F3NO4S. The SMILES string of the molecule is O=C(NCCC(O)C(=O)O)c1ccc(SC(F)(F)F)cc1. The predicted octanol–water partition coefficient (Wildman–Crippen LogP) is 1.86. The van der Waals surface area contributed by atoms with Crippen LogP contribution in [0.5, 0.6) is 0 Å². The predicted molar refractivity (Wildman–Crippen MR) is 68.9 cm³/mol. The summed E-state index contributed by atoms with van der Waals surface area (Å²) in [6.45, 7) is -0.0641. The van der Waals surface area contributed by atoms with Crippen LogP contribution in [0.1, 0.15) is 16.8 Å². The van der Waals surface area contributed by atoms with E-state index >= 15 is 0 Å². The molecule has 0 fully saturated rings. The number of benzene rings is 1. The van der Waals surface area contributed by atoms with Crippen molar-refractivity contribution in [3.05, 3.63) is 29.8 Å². The van der Waals surface area contributed by atoms with Crippen molar-refractivity contribution in [3.8, 4) is 0 Å². The first kappa shape index (κ1) is 17.3. The van der Waals surface area contributed by atoms with Crippen molar-refractivity contribution < 1.29 is 33.0 Å². The Balaban J connectivity index is 2.50. The summed E-state index contributed by atoms with van der Waals surface area (Å²) in [6.07, 6.45) is -1.74. The third-order valence-corrected chi connectivity index (χ3v) is 3.08. The molecule has 0 radical (unpaired) electrons. The summed E-state index contributed by atoms with van der Waals surface area (Å²) in [7, 11) is 0. The van der Waals surface area contributed by atoms with Gasteiger partial charge in [0, 0.05) is 23.4 Å². The molecule has 0 aromatic heterocycles. The van der Waals surface area contributed by atoms with Crippen LogP contribution in [0.15, 0.2) is 29.2 Å². The van der Waals surface area contributed by atoms with E-state index in [-0.39, 0.29) is 35.2 Å². The quantitative estimate of drug-likeness (QED) is 0.696. The van der Waals surface area contributed by atoms with Crippen LogP contribution >= 0.6 is 11.8 Å². The Morgan fingerprint density at radius 1 is 1.24 bits per heavy atom. The molecule has 0 aliphatic carbocycles. The lowest BCUT2D eigenvalue weighted by Gasteiger charge is -2.08. The summed E-state index contributed by atoms with van der Waals surface area (Å²) in [6, 6.07) is 4.80. The Morgan fingerprint density at radius 2 is 1.81 bits per heavy atom. The number of nitrogens with one attached hydrogen (secondary N) is 1. The minimum Gasteiger partial charge on any atom is -0.479 e. The number of aliphatic carboxylic acids is 1. The maximum atomic E-state index is 12.1. The van der Waals surface area contributed by atoms with Gasteiger partial charge >= 0.3 is 11.5 Å². The van der Waals surface area contributed by atoms with Gasteiger partial charge in [-0.05, 0) is 36.0 Å². The number of thioether (sulfide) groups is 1. The molecule has 1 atom stereocenters. The number of aliphatic hydroxyl groups excluding tert-OH is 1. The number of carboxylic acid groups (broad SMARTS) is 1. The smallest absolute Gasteiger partial charge is 0.446 e. The van der Waals surface area contributed by atoms with Crippen molar-refractivity contribution in [2.75, 3.05) is 6.54 Å². The zero-order chi connectivity index (χ0) is 16.0. The number of hydrogen-bond donors (Lipinski definition) is 3. The summed E-state index contributed by atoms with van der Waals surface area (Å²) < 4.78 is 36.4. The second-order valence-electron chi connectivity index (χ2n) is 3.97. The number of carbonyl (C=O) groups is 2. The number of alkyl halides is 3. The van der Waals surface area contributed by atoms with Crippen molar-refractivity contribution in [2.24, 2.45) is 0 Å². The van der Waals surface area contributed by atoms with Gasteiger partial charge in [0.25, 0.3) is 5.91 Å². The van der Waals surface area contributed by atoms with E-state index in [9.17, 15) is 22.8 Å². The molecule has 1 aromatic rings. The number of amides is 1. The average molecular weight is 323 g/mol. The molecule has 1 unspecified atom stereocenters. The lowest BCUT2D eigenvalue weighted by atomic mass is 10.2. The van der Waals surface area contributed by atoms with Crippen molar-refractivity contribution in [2.45, 2.75) is 22.9 Å². The highest BCUT2D eigenvalue weighted by atomic mass is 32.2. The molecule has 1 amide bonds. The third kappa shape index (κ3) is 6.50. The van der Waals surface area contributed by atoms with Crippen LogP contribution in [-0.4, -0.2) is 40.2 Å². The fourth-order valence-corrected chi connectivity index (χ4v) is 1.90. The van der Waals surface area contributed by atoms with Gasteiger partial charge < -0.3 is 15.5 Å². The molecule has 0 bridgehead atoms. The van der Waals surface area contributed by atoms with E-state index < -0.39 is 23.5 Å². The van der Waals surface area contributed by atoms with Crippen molar-refractivity contribution in [1.29, 1.82) is 0 Å². The molecule has 0 heterocycles. The van der Waals surface area contributed by atoms with Crippen LogP contribution in [0, 0.1) is 0 Å². The molecule has 0 saturated heterocycles. The largest absolute Gasteiger partial charge is 0.479 e. The first-order valence-electron chi connectivity index (χ1n) is 5.74. The molecular weight excluding hydrogens is 311 g/mol. The molecule has 116 valence electrons. The summed E-state index contributed by atoms with van der Waals surface area (Å²) in [5.41, 5.74) is -4.25. The Labute approximate surface area is 122 Å². The zero-order valence-corrected chi connectivity index (χ0v) is 11.4. The third-order valence-electron chi connectivity index (χ3n) is 2.34. The molecule has 3 N–H and O–H groups in total. The molecule has 0 aliphatic heterocycles. The van der Waals surface area contributed by atoms with E-state index in [0.29, 0.717) is 0 Å². The second kappa shape index (κ2) is 7.32. The normalized spacial score (nSPS) is 12.8. The molecule has 0 spiro atoms. The van der Waals surface area contributed by atoms with E-state index in [4.69, 9.17) is 10.2 Å². The summed E-state index contributed by atoms with van der Waals surface area (Å²) in [5, 5.41) is 19.8. The standard InChI is InChI=1S/C12H12F3NO4S/c13-12(14,15)21-8-3-1-7(2-4-8)10(18)16-6-5-9(17)11(19)20/h1-4,9,17H,5-6H2,(H,16,18)(H,19,20). The van der Waals surface area contributed by atoms with Crippen LogP contribution < -0.4 is 5.32 Å². The van der Waals surface area contributed by atoms with Gasteiger partial charge in [0.2, 0.25) is 0 Å². The number of hydrogen-bond acceptors (Lipinski definition) is 4. The fourth-order valence-electron chi connectivity index (χ4n) is 1.36. The first-order valence-corrected chi connectivity index (χ1v) is 6.55. The molecule has 5 nitrogen and oxygen atoms in total. The fraction of sp³-hybridized carbons (Fsp3) is 0.333. The Morgan fingerprint density at radius 3 is 2.29 bits per heavy atom. The van der Waals surface area contributed by atoms with Gasteiger partial charge in [0.15, 0.2) is 6.10 Å². The summed E-state index contributed by atoms with van der Waals surface area (Å²) in [4.78, 5) is 21.9. The second-order valence-corrected chi connectivity index (χ2v) is 5.11. The van der Waals surface area contributed by atoms with Gasteiger partial charge in [0.1, 0.15) is 0 Å². The number of carbonyl (C=O) groups excluding carboxylic acids is 1. The van der Waals surface area contributed by atoms with Gasteiger partial charge in [-0.2, -0.15) is 13.2 Å². The van der Waals surface area contributed by atoms with Crippen molar-refractivity contribution in [3.63, 3.8) is 0 Å². The Bertz CT molecular complexity index is 504. The number of aliphatic hydroxyl groups is 1. The first-order chi connectivity index (χ1) is 9.69. The highest BCUT2D eigenvalue weighted by molar-refractivity contribution is 8.00. The molecule has 1 rings (SSSR count). The van der Waals surface area contributed by atoms with Crippen LogP contribution in [-0.2, 0) is 4.79 Å². The topological polar surface area (TPSA) is 86.6 Å². The van der Waals surface area contributed by atoms with Crippen LogP contribution in [0.3, 0.4) is 0 Å². The van der Waals surface area contributed by atoms with Gasteiger partial charge in [-0.25, -0.2) is 4.79 Å². The maximum Gasteiger partial charge on any atom is 0.446 e. The van der Waals surface area contributed by atoms with Gasteiger partial charge in [-0.1, -0.05) is 0 Å². The lowest BCUT2D eigenvalue weighted by Crippen LogP contribution is -2.30.